The third kappa shape index (κ3) is 57.6. The summed E-state index contributed by atoms with van der Waals surface area (Å²) in [4.78, 5) is 24.5. The lowest BCUT2D eigenvalue weighted by Crippen LogP contribution is -2.45. The lowest BCUT2D eigenvalue weighted by molar-refractivity contribution is -0.143. The normalized spacial score (nSPS) is 12.7. The average Bonchev–Trinajstić information content (AvgIpc) is 3.38. The molecule has 72 heavy (non-hydrogen) atoms. The van der Waals surface area contributed by atoms with E-state index in [4.69, 9.17) is 4.74 Å². The van der Waals surface area contributed by atoms with E-state index in [0.29, 0.717) is 19.4 Å². The van der Waals surface area contributed by atoms with Crippen LogP contribution in [0.2, 0.25) is 0 Å². The molecule has 0 spiro atoms. The van der Waals surface area contributed by atoms with Crippen LogP contribution in [-0.2, 0) is 14.3 Å². The summed E-state index contributed by atoms with van der Waals surface area (Å²) < 4.78 is 5.50. The second-order valence-electron chi connectivity index (χ2n) is 22.5. The fourth-order valence-corrected chi connectivity index (χ4v) is 10.2. The fraction of sp³-hybridized carbons (Fsp3) is 0.909. The van der Waals surface area contributed by atoms with Crippen LogP contribution >= 0.6 is 0 Å². The standard InChI is InChI=1S/C66H127NO5/c1-3-5-7-9-11-13-14-15-33-37-40-44-48-52-56-60-66(71)72-61-57-53-49-45-41-38-35-32-30-28-26-24-22-20-18-16-17-19-21-23-25-27-29-31-34-36-39-43-47-51-55-59-65(70)67-63(62-68)64(69)58-54-50-46-42-12-10-8-6-4-2/h18,20,54,58,63-64,68-69H,3-17,19,21-53,55-57,59-62H2,1-2H3,(H,67,70)/b20-18-,58-54+. The minimum atomic E-state index is -0.840. The number of rotatable bonds is 61. The van der Waals surface area contributed by atoms with Crippen molar-refractivity contribution in [3.63, 3.8) is 0 Å². The number of carbonyl (C=O) groups excluding carboxylic acids is 2. The predicted octanol–water partition coefficient (Wildman–Crippen LogP) is 20.6. The molecule has 0 fully saturated rings. The van der Waals surface area contributed by atoms with Crippen molar-refractivity contribution < 1.29 is 24.5 Å². The molecule has 0 rings (SSSR count). The Hall–Kier alpha value is -1.66. The molecule has 0 saturated heterocycles. The van der Waals surface area contributed by atoms with Crippen LogP contribution in [0.25, 0.3) is 0 Å². The zero-order valence-corrected chi connectivity index (χ0v) is 48.7. The number of carbonyl (C=O) groups is 2. The van der Waals surface area contributed by atoms with Gasteiger partial charge in [-0.2, -0.15) is 0 Å². The first-order valence-electron chi connectivity index (χ1n) is 32.6. The third-order valence-corrected chi connectivity index (χ3v) is 15.2. The highest BCUT2D eigenvalue weighted by molar-refractivity contribution is 5.76. The van der Waals surface area contributed by atoms with Gasteiger partial charge in [0.1, 0.15) is 0 Å². The van der Waals surface area contributed by atoms with E-state index in [0.717, 1.165) is 38.5 Å². The second-order valence-corrected chi connectivity index (χ2v) is 22.5. The third-order valence-electron chi connectivity index (χ3n) is 15.2. The number of hydrogen-bond donors (Lipinski definition) is 3. The molecule has 2 unspecified atom stereocenters. The SMILES string of the molecule is CCCCCCCCC/C=C/C(O)C(CO)NC(=O)CCCCCCCCCCCCCCCCC/C=C\CCCCCCCCCCCCCCOC(=O)CCCCCCCCCCCCCCCCC. The van der Waals surface area contributed by atoms with Crippen LogP contribution < -0.4 is 5.32 Å². The van der Waals surface area contributed by atoms with E-state index in [1.807, 2.05) is 6.08 Å². The first-order valence-corrected chi connectivity index (χ1v) is 32.6. The summed E-state index contributed by atoms with van der Waals surface area (Å²) in [5, 5.41) is 23.0. The molecule has 0 aromatic heterocycles. The molecule has 0 radical (unpaired) electrons. The molecule has 0 bridgehead atoms. The van der Waals surface area contributed by atoms with Gasteiger partial charge in [-0.1, -0.05) is 314 Å². The van der Waals surface area contributed by atoms with Gasteiger partial charge in [0.05, 0.1) is 25.4 Å². The number of aliphatic hydroxyl groups is 2. The zero-order valence-electron chi connectivity index (χ0n) is 48.7. The molecular weight excluding hydrogens is 887 g/mol. The summed E-state index contributed by atoms with van der Waals surface area (Å²) in [6.45, 7) is 4.90. The summed E-state index contributed by atoms with van der Waals surface area (Å²) >= 11 is 0. The van der Waals surface area contributed by atoms with Gasteiger partial charge in [-0.05, 0) is 57.8 Å². The van der Waals surface area contributed by atoms with Crippen LogP contribution in [0, 0.1) is 0 Å². The molecule has 3 N–H and O–H groups in total. The molecule has 0 aromatic carbocycles. The van der Waals surface area contributed by atoms with E-state index in [2.05, 4.69) is 31.3 Å². The maximum absolute atomic E-state index is 12.4. The van der Waals surface area contributed by atoms with Crippen molar-refractivity contribution in [1.29, 1.82) is 0 Å². The molecule has 0 aromatic rings. The van der Waals surface area contributed by atoms with Crippen LogP contribution in [0.1, 0.15) is 361 Å². The Labute approximate surface area is 450 Å². The van der Waals surface area contributed by atoms with E-state index >= 15 is 0 Å². The summed E-state index contributed by atoms with van der Waals surface area (Å²) in [6.07, 6.45) is 76.9. The van der Waals surface area contributed by atoms with Gasteiger partial charge in [0, 0.05) is 12.8 Å². The Morgan fingerprint density at radius 2 is 0.653 bits per heavy atom. The molecule has 6 heteroatoms. The molecule has 6 nitrogen and oxygen atoms in total. The minimum absolute atomic E-state index is 0.0205. The van der Waals surface area contributed by atoms with Gasteiger partial charge in [-0.3, -0.25) is 9.59 Å². The van der Waals surface area contributed by atoms with Crippen molar-refractivity contribution in [3.05, 3.63) is 24.3 Å². The Kier molecular flexibility index (Phi) is 60.5. The Morgan fingerprint density at radius 1 is 0.375 bits per heavy atom. The summed E-state index contributed by atoms with van der Waals surface area (Å²) in [7, 11) is 0. The van der Waals surface area contributed by atoms with E-state index in [1.165, 1.54) is 295 Å². The van der Waals surface area contributed by atoms with Gasteiger partial charge in [0.2, 0.25) is 5.91 Å². The lowest BCUT2D eigenvalue weighted by atomic mass is 10.0. The van der Waals surface area contributed by atoms with Crippen molar-refractivity contribution in [2.24, 2.45) is 0 Å². The highest BCUT2D eigenvalue weighted by Crippen LogP contribution is 2.18. The molecule has 2 atom stereocenters. The topological polar surface area (TPSA) is 95.9 Å². The minimum Gasteiger partial charge on any atom is -0.466 e. The predicted molar refractivity (Wildman–Crippen MR) is 315 cm³/mol. The number of nitrogens with one attached hydrogen (secondary N) is 1. The van der Waals surface area contributed by atoms with Crippen molar-refractivity contribution in [1.82, 2.24) is 5.32 Å². The number of hydrogen-bond acceptors (Lipinski definition) is 5. The van der Waals surface area contributed by atoms with E-state index < -0.39 is 12.1 Å². The molecule has 1 amide bonds. The van der Waals surface area contributed by atoms with Gasteiger partial charge in [-0.15, -0.1) is 0 Å². The molecule has 0 aliphatic heterocycles. The van der Waals surface area contributed by atoms with Gasteiger partial charge in [-0.25, -0.2) is 0 Å². The van der Waals surface area contributed by atoms with Crippen LogP contribution in [0.15, 0.2) is 24.3 Å². The van der Waals surface area contributed by atoms with Crippen LogP contribution in [0.4, 0.5) is 0 Å². The number of unbranched alkanes of at least 4 members (excludes halogenated alkanes) is 48. The summed E-state index contributed by atoms with van der Waals surface area (Å²) in [5.41, 5.74) is 0. The Bertz CT molecular complexity index is 1120. The maximum atomic E-state index is 12.4. The smallest absolute Gasteiger partial charge is 0.305 e. The molecule has 0 heterocycles. The molecule has 0 aliphatic rings. The Balaban J connectivity index is 3.33. The monoisotopic (exact) mass is 1010 g/mol. The fourth-order valence-electron chi connectivity index (χ4n) is 10.2. The van der Waals surface area contributed by atoms with Crippen LogP contribution in [0.5, 0.6) is 0 Å². The van der Waals surface area contributed by atoms with Gasteiger partial charge < -0.3 is 20.3 Å². The maximum Gasteiger partial charge on any atom is 0.305 e. The van der Waals surface area contributed by atoms with Crippen molar-refractivity contribution >= 4 is 11.9 Å². The number of ether oxygens (including phenoxy) is 1. The Morgan fingerprint density at radius 3 is 0.986 bits per heavy atom. The summed E-state index contributed by atoms with van der Waals surface area (Å²) in [6, 6.07) is -0.623. The molecular formula is C66H127NO5. The van der Waals surface area contributed by atoms with Crippen LogP contribution in [-0.4, -0.2) is 47.4 Å². The van der Waals surface area contributed by atoms with Crippen molar-refractivity contribution in [3.8, 4) is 0 Å². The zero-order chi connectivity index (χ0) is 52.2. The number of allylic oxidation sites excluding steroid dienone is 3. The average molecular weight is 1010 g/mol. The number of aliphatic hydroxyl groups excluding tert-OH is 2. The van der Waals surface area contributed by atoms with Crippen LogP contribution in [0.3, 0.4) is 0 Å². The molecule has 0 saturated carbocycles. The second kappa shape index (κ2) is 61.9. The molecule has 0 aliphatic carbocycles. The van der Waals surface area contributed by atoms with Gasteiger partial charge in [0.15, 0.2) is 0 Å². The lowest BCUT2D eigenvalue weighted by Gasteiger charge is -2.20. The van der Waals surface area contributed by atoms with Crippen molar-refractivity contribution in [2.45, 2.75) is 373 Å². The van der Waals surface area contributed by atoms with E-state index in [1.54, 1.807) is 6.08 Å². The van der Waals surface area contributed by atoms with Gasteiger partial charge in [0.25, 0.3) is 0 Å². The highest BCUT2D eigenvalue weighted by Gasteiger charge is 2.18. The van der Waals surface area contributed by atoms with Gasteiger partial charge >= 0.3 is 5.97 Å². The number of amides is 1. The van der Waals surface area contributed by atoms with E-state index in [9.17, 15) is 19.8 Å². The van der Waals surface area contributed by atoms with Crippen molar-refractivity contribution in [2.75, 3.05) is 13.2 Å². The first kappa shape index (κ1) is 70.3. The number of esters is 1. The molecule has 426 valence electrons. The summed E-state index contributed by atoms with van der Waals surface area (Å²) in [5.74, 6) is -0.0469. The highest BCUT2D eigenvalue weighted by atomic mass is 16.5. The quantitative estimate of drug-likeness (QED) is 0.0320. The first-order chi connectivity index (χ1) is 35.5. The largest absolute Gasteiger partial charge is 0.466 e. The van der Waals surface area contributed by atoms with E-state index in [-0.39, 0.29) is 18.5 Å².